The fourth-order valence-corrected chi connectivity index (χ4v) is 1.47. The molecule has 114 valence electrons. The number of carboxylic acids is 1. The van der Waals surface area contributed by atoms with Crippen LogP contribution in [0.3, 0.4) is 0 Å². The summed E-state index contributed by atoms with van der Waals surface area (Å²) in [6.45, 7) is -0.203. The van der Waals surface area contributed by atoms with Crippen molar-refractivity contribution in [2.45, 2.75) is 12.8 Å². The van der Waals surface area contributed by atoms with Crippen molar-refractivity contribution in [3.63, 3.8) is 0 Å². The van der Waals surface area contributed by atoms with Crippen molar-refractivity contribution in [1.29, 1.82) is 0 Å². The Morgan fingerprint density at radius 2 is 1.95 bits per heavy atom. The number of rotatable bonds is 8. The van der Waals surface area contributed by atoms with Gasteiger partial charge in [-0.15, -0.1) is 0 Å². The molecule has 0 saturated carbocycles. The van der Waals surface area contributed by atoms with Gasteiger partial charge in [0.1, 0.15) is 5.75 Å². The van der Waals surface area contributed by atoms with Gasteiger partial charge in [0.2, 0.25) is 5.91 Å². The molecule has 0 fully saturated rings. The highest BCUT2D eigenvalue weighted by Gasteiger charge is 2.08. The average molecular weight is 295 g/mol. The highest BCUT2D eigenvalue weighted by Crippen LogP contribution is 2.23. The molecule has 8 nitrogen and oxygen atoms in total. The fraction of sp³-hybridized carbons (Fsp3) is 0.308. The molecule has 3 amide bonds. The molecule has 0 bridgehead atoms. The van der Waals surface area contributed by atoms with Gasteiger partial charge in [-0.05, 0) is 18.6 Å². The fourth-order valence-electron chi connectivity index (χ4n) is 1.47. The number of ether oxygens (including phenoxy) is 1. The number of benzene rings is 1. The van der Waals surface area contributed by atoms with Crippen molar-refractivity contribution >= 4 is 23.6 Å². The van der Waals surface area contributed by atoms with Gasteiger partial charge in [-0.25, -0.2) is 9.59 Å². The molecule has 5 N–H and O–H groups in total. The minimum absolute atomic E-state index is 0.193. The second kappa shape index (κ2) is 8.41. The first kappa shape index (κ1) is 16.3. The Bertz CT molecular complexity index is 518. The van der Waals surface area contributed by atoms with E-state index in [0.717, 1.165) is 0 Å². The highest BCUT2D eigenvalue weighted by atomic mass is 16.5. The zero-order valence-corrected chi connectivity index (χ0v) is 11.3. The Labute approximate surface area is 121 Å². The maximum absolute atomic E-state index is 11.6. The number of nitrogens with two attached hydrogens (primary N) is 1. The number of carbonyl (C=O) groups is 3. The molecule has 1 aromatic rings. The van der Waals surface area contributed by atoms with Crippen molar-refractivity contribution < 1.29 is 24.2 Å². The molecule has 0 spiro atoms. The molecular formula is C13H17N3O5. The van der Waals surface area contributed by atoms with Gasteiger partial charge in [0.25, 0.3) is 0 Å². The third-order valence-corrected chi connectivity index (χ3v) is 2.37. The van der Waals surface area contributed by atoms with Crippen LogP contribution in [-0.4, -0.2) is 36.2 Å². The molecule has 0 aliphatic rings. The predicted octanol–water partition coefficient (Wildman–Crippen LogP) is 0.537. The number of carboxylic acid groups (broad SMARTS) is 1. The molecule has 0 aliphatic heterocycles. The van der Waals surface area contributed by atoms with Crippen LogP contribution in [0.4, 0.5) is 10.5 Å². The van der Waals surface area contributed by atoms with Gasteiger partial charge in [-0.2, -0.15) is 0 Å². The van der Waals surface area contributed by atoms with Crippen LogP contribution in [0.15, 0.2) is 24.3 Å². The summed E-state index contributed by atoms with van der Waals surface area (Å²) in [6, 6.07) is 5.99. The van der Waals surface area contributed by atoms with Gasteiger partial charge in [-0.1, -0.05) is 12.1 Å². The number of amides is 3. The Kier molecular flexibility index (Phi) is 6.52. The SMILES string of the molecule is NC(=O)CCCNC(=O)Nc1ccccc1OCC(=O)O. The predicted molar refractivity (Wildman–Crippen MR) is 75.0 cm³/mol. The van der Waals surface area contributed by atoms with Gasteiger partial charge in [0.05, 0.1) is 5.69 Å². The average Bonchev–Trinajstić information content (AvgIpc) is 2.42. The van der Waals surface area contributed by atoms with Gasteiger partial charge in [-0.3, -0.25) is 4.79 Å². The summed E-state index contributed by atoms with van der Waals surface area (Å²) in [7, 11) is 0. The van der Waals surface area contributed by atoms with E-state index < -0.39 is 24.5 Å². The topological polar surface area (TPSA) is 131 Å². The van der Waals surface area contributed by atoms with Crippen LogP contribution in [0.5, 0.6) is 5.75 Å². The van der Waals surface area contributed by atoms with E-state index in [1.165, 1.54) is 0 Å². The van der Waals surface area contributed by atoms with Crippen LogP contribution in [-0.2, 0) is 9.59 Å². The number of carbonyl (C=O) groups excluding carboxylic acids is 2. The Morgan fingerprint density at radius 1 is 1.24 bits per heavy atom. The summed E-state index contributed by atoms with van der Waals surface area (Å²) < 4.78 is 5.05. The normalized spacial score (nSPS) is 9.71. The molecule has 0 heterocycles. The molecule has 0 atom stereocenters. The van der Waals surface area contributed by atoms with Gasteiger partial charge < -0.3 is 26.2 Å². The van der Waals surface area contributed by atoms with Crippen LogP contribution in [0.25, 0.3) is 0 Å². The van der Waals surface area contributed by atoms with Gasteiger partial charge >= 0.3 is 12.0 Å². The zero-order valence-electron chi connectivity index (χ0n) is 11.3. The molecule has 0 aromatic heterocycles. The van der Waals surface area contributed by atoms with E-state index in [-0.39, 0.29) is 12.2 Å². The lowest BCUT2D eigenvalue weighted by atomic mass is 10.3. The highest BCUT2D eigenvalue weighted by molar-refractivity contribution is 5.91. The smallest absolute Gasteiger partial charge is 0.341 e. The minimum atomic E-state index is -1.11. The van der Waals surface area contributed by atoms with Crippen LogP contribution in [0, 0.1) is 0 Å². The van der Waals surface area contributed by atoms with Crippen LogP contribution >= 0.6 is 0 Å². The van der Waals surface area contributed by atoms with Crippen LogP contribution in [0.1, 0.15) is 12.8 Å². The number of para-hydroxylation sites is 2. The molecule has 0 unspecified atom stereocenters. The monoisotopic (exact) mass is 295 g/mol. The maximum Gasteiger partial charge on any atom is 0.341 e. The number of hydrogen-bond acceptors (Lipinski definition) is 4. The summed E-state index contributed by atoms with van der Waals surface area (Å²) in [4.78, 5) is 32.6. The van der Waals surface area contributed by atoms with Gasteiger partial charge in [0, 0.05) is 13.0 Å². The lowest BCUT2D eigenvalue weighted by molar-refractivity contribution is -0.139. The standard InChI is InChI=1S/C13H17N3O5/c14-11(17)6-3-7-15-13(20)16-9-4-1-2-5-10(9)21-8-12(18)19/h1-2,4-5H,3,6-8H2,(H2,14,17)(H,18,19)(H2,15,16,20). The van der Waals surface area contributed by atoms with E-state index in [4.69, 9.17) is 15.6 Å². The lowest BCUT2D eigenvalue weighted by Gasteiger charge is -2.11. The molecule has 0 radical (unpaired) electrons. The maximum atomic E-state index is 11.6. The second-order valence-electron chi connectivity index (χ2n) is 4.13. The summed E-state index contributed by atoms with van der Waals surface area (Å²) in [6.07, 6.45) is 0.637. The first-order chi connectivity index (χ1) is 9.99. The lowest BCUT2D eigenvalue weighted by Crippen LogP contribution is -2.30. The molecule has 21 heavy (non-hydrogen) atoms. The second-order valence-corrected chi connectivity index (χ2v) is 4.13. The van der Waals surface area contributed by atoms with E-state index in [1.54, 1.807) is 24.3 Å². The zero-order chi connectivity index (χ0) is 15.7. The molecular weight excluding hydrogens is 278 g/mol. The van der Waals surface area contributed by atoms with E-state index in [2.05, 4.69) is 10.6 Å². The van der Waals surface area contributed by atoms with E-state index in [9.17, 15) is 14.4 Å². The van der Waals surface area contributed by atoms with Gasteiger partial charge in [0.15, 0.2) is 6.61 Å². The largest absolute Gasteiger partial charge is 0.480 e. The number of urea groups is 1. The number of primary amides is 1. The Morgan fingerprint density at radius 3 is 2.62 bits per heavy atom. The Balaban J connectivity index is 2.47. The third kappa shape index (κ3) is 6.81. The molecule has 0 aliphatic carbocycles. The summed E-state index contributed by atoms with van der Waals surface area (Å²) in [5.74, 6) is -1.28. The first-order valence-electron chi connectivity index (χ1n) is 6.26. The number of nitrogens with one attached hydrogen (secondary N) is 2. The van der Waals surface area contributed by atoms with Crippen LogP contribution in [0.2, 0.25) is 0 Å². The number of aliphatic carboxylic acids is 1. The summed E-state index contributed by atoms with van der Waals surface area (Å²) >= 11 is 0. The van der Waals surface area contributed by atoms with E-state index >= 15 is 0 Å². The summed E-state index contributed by atoms with van der Waals surface area (Å²) in [5.41, 5.74) is 5.33. The van der Waals surface area contributed by atoms with Crippen molar-refractivity contribution in [2.75, 3.05) is 18.5 Å². The van der Waals surface area contributed by atoms with Crippen LogP contribution < -0.4 is 21.1 Å². The molecule has 0 saturated heterocycles. The molecule has 1 aromatic carbocycles. The molecule has 8 heteroatoms. The first-order valence-corrected chi connectivity index (χ1v) is 6.26. The Hall–Kier alpha value is -2.77. The van der Waals surface area contributed by atoms with Crippen molar-refractivity contribution in [2.24, 2.45) is 5.73 Å². The quantitative estimate of drug-likeness (QED) is 0.520. The number of hydrogen-bond donors (Lipinski definition) is 4. The van der Waals surface area contributed by atoms with E-state index in [0.29, 0.717) is 18.7 Å². The summed E-state index contributed by atoms with van der Waals surface area (Å²) in [5, 5.41) is 13.7. The van der Waals surface area contributed by atoms with Crippen molar-refractivity contribution in [3.8, 4) is 5.75 Å². The third-order valence-electron chi connectivity index (χ3n) is 2.37. The van der Waals surface area contributed by atoms with E-state index in [1.807, 2.05) is 0 Å². The molecule has 1 rings (SSSR count). The minimum Gasteiger partial charge on any atom is -0.480 e. The number of anilines is 1. The van der Waals surface area contributed by atoms with Crippen molar-refractivity contribution in [1.82, 2.24) is 5.32 Å². The van der Waals surface area contributed by atoms with Crippen molar-refractivity contribution in [3.05, 3.63) is 24.3 Å².